The van der Waals surface area contributed by atoms with Gasteiger partial charge in [0.15, 0.2) is 5.65 Å². The highest BCUT2D eigenvalue weighted by Crippen LogP contribution is 2.28. The molecule has 45 heavy (non-hydrogen) atoms. The number of likely N-dealkylation sites (tertiary alicyclic amines) is 1. The van der Waals surface area contributed by atoms with E-state index in [9.17, 15) is 9.59 Å². The maximum Gasteiger partial charge on any atom is 0.322 e. The first-order valence-corrected chi connectivity index (χ1v) is 16.0. The Kier molecular flexibility index (Phi) is 10.7. The van der Waals surface area contributed by atoms with Crippen LogP contribution in [0, 0.1) is 5.92 Å². The third kappa shape index (κ3) is 8.79. The number of hydrogen-bond donors (Lipinski definition) is 3. The molecule has 0 unspecified atom stereocenters. The summed E-state index contributed by atoms with van der Waals surface area (Å²) in [7, 11) is 6.04. The molecule has 2 fully saturated rings. The number of nitrogens with one attached hydrogen (secondary N) is 3. The molecular formula is C33H47N9O3. The first-order valence-electron chi connectivity index (χ1n) is 16.0. The fourth-order valence-electron chi connectivity index (χ4n) is 5.84. The number of anilines is 3. The summed E-state index contributed by atoms with van der Waals surface area (Å²) in [5.41, 5.74) is 3.19. The van der Waals surface area contributed by atoms with Crippen molar-refractivity contribution in [3.05, 3.63) is 48.2 Å². The van der Waals surface area contributed by atoms with Crippen LogP contribution in [0.2, 0.25) is 0 Å². The molecule has 1 aliphatic carbocycles. The van der Waals surface area contributed by atoms with Gasteiger partial charge in [-0.3, -0.25) is 9.59 Å². The van der Waals surface area contributed by atoms with Crippen molar-refractivity contribution in [2.45, 2.75) is 70.4 Å². The van der Waals surface area contributed by atoms with E-state index in [0.717, 1.165) is 69.4 Å². The van der Waals surface area contributed by atoms with E-state index in [-0.39, 0.29) is 35.8 Å². The molecule has 3 heterocycles. The van der Waals surface area contributed by atoms with E-state index < -0.39 is 0 Å². The summed E-state index contributed by atoms with van der Waals surface area (Å²) in [6.45, 7) is 6.91. The second-order valence-corrected chi connectivity index (χ2v) is 12.9. The van der Waals surface area contributed by atoms with Gasteiger partial charge in [-0.1, -0.05) is 26.0 Å². The van der Waals surface area contributed by atoms with Crippen molar-refractivity contribution in [1.29, 1.82) is 0 Å². The summed E-state index contributed by atoms with van der Waals surface area (Å²) in [6.07, 6.45) is 10.2. The molecule has 0 atom stereocenters. The van der Waals surface area contributed by atoms with Gasteiger partial charge < -0.3 is 30.5 Å². The maximum atomic E-state index is 13.2. The molecule has 2 aromatic heterocycles. The van der Waals surface area contributed by atoms with Crippen LogP contribution >= 0.6 is 0 Å². The van der Waals surface area contributed by atoms with Gasteiger partial charge in [0, 0.05) is 54.6 Å². The van der Waals surface area contributed by atoms with Crippen LogP contribution in [0.1, 0.15) is 63.9 Å². The molecule has 0 radical (unpaired) electrons. The highest BCUT2D eigenvalue weighted by Gasteiger charge is 2.27. The molecule has 1 aliphatic heterocycles. The van der Waals surface area contributed by atoms with E-state index in [1.54, 1.807) is 10.6 Å². The Bertz CT molecular complexity index is 1490. The summed E-state index contributed by atoms with van der Waals surface area (Å²) in [6, 6.07) is 8.02. The number of amides is 2. The number of carbonyl (C=O) groups is 2. The van der Waals surface area contributed by atoms with E-state index in [0.29, 0.717) is 23.3 Å². The normalized spacial score (nSPS) is 19.8. The smallest absolute Gasteiger partial charge is 0.322 e. The molecule has 1 saturated carbocycles. The molecule has 0 bridgehead atoms. The lowest BCUT2D eigenvalue weighted by Crippen LogP contribution is -2.39. The molecule has 12 nitrogen and oxygen atoms in total. The second-order valence-electron chi connectivity index (χ2n) is 12.9. The number of piperidine rings is 1. The van der Waals surface area contributed by atoms with Crippen LogP contribution in [0.5, 0.6) is 6.01 Å². The van der Waals surface area contributed by atoms with Crippen LogP contribution < -0.4 is 20.7 Å². The summed E-state index contributed by atoms with van der Waals surface area (Å²) in [4.78, 5) is 39.2. The van der Waals surface area contributed by atoms with Crippen molar-refractivity contribution >= 4 is 34.8 Å². The Morgan fingerprint density at radius 2 is 1.80 bits per heavy atom. The standard InChI is InChI=1S/C33H47N9O3/c1-22(2)28-21-34-42-30(28)38-33(45-27-15-18-41(5)19-16-27)39-32(42)37-26-9-6-8-25(20-26)36-31(44)23-11-13-24(14-12-23)35-29(43)10-7-17-40(3)4/h6-10,20-24,27H,11-19H2,1-5H3,(H,35,43)(H,36,44)(H,37,38,39)/b10-7+/t23-,24-. The Morgan fingerprint density at radius 1 is 1.07 bits per heavy atom. The highest BCUT2D eigenvalue weighted by atomic mass is 16.5. The summed E-state index contributed by atoms with van der Waals surface area (Å²) >= 11 is 0. The molecule has 2 amide bonds. The second kappa shape index (κ2) is 14.8. The first kappa shape index (κ1) is 32.4. The largest absolute Gasteiger partial charge is 0.460 e. The molecular weight excluding hydrogens is 570 g/mol. The lowest BCUT2D eigenvalue weighted by atomic mass is 9.85. The van der Waals surface area contributed by atoms with E-state index in [1.165, 1.54) is 0 Å². The minimum atomic E-state index is -0.0987. The SMILES string of the molecule is CC(C)c1cnn2c(Nc3cccc(NC(=O)[C@H]4CC[C@H](NC(=O)/C=C/CN(C)C)CC4)c3)nc(OC3CCN(C)CC3)nc12. The predicted molar refractivity (Wildman–Crippen MR) is 176 cm³/mol. The van der Waals surface area contributed by atoms with Gasteiger partial charge >= 0.3 is 6.01 Å². The van der Waals surface area contributed by atoms with E-state index in [2.05, 4.69) is 46.8 Å². The molecule has 12 heteroatoms. The average Bonchev–Trinajstić information content (AvgIpc) is 3.43. The molecule has 3 N–H and O–H groups in total. The number of likely N-dealkylation sites (N-methyl/N-ethyl adjacent to an activating group) is 1. The number of fused-ring (bicyclic) bond motifs is 1. The van der Waals surface area contributed by atoms with Gasteiger partial charge in [0.1, 0.15) is 6.10 Å². The zero-order valence-electron chi connectivity index (χ0n) is 27.1. The Morgan fingerprint density at radius 3 is 2.51 bits per heavy atom. The van der Waals surface area contributed by atoms with Crippen molar-refractivity contribution in [3.8, 4) is 6.01 Å². The molecule has 5 rings (SSSR count). The molecule has 3 aromatic rings. The van der Waals surface area contributed by atoms with Gasteiger partial charge in [-0.25, -0.2) is 0 Å². The Hall–Kier alpha value is -4.03. The zero-order valence-corrected chi connectivity index (χ0v) is 27.1. The van der Waals surface area contributed by atoms with Gasteiger partial charge in [-0.2, -0.15) is 19.6 Å². The Balaban J connectivity index is 1.22. The third-order valence-electron chi connectivity index (χ3n) is 8.50. The van der Waals surface area contributed by atoms with Crippen LogP contribution in [0.4, 0.5) is 17.3 Å². The number of hydrogen-bond acceptors (Lipinski definition) is 9. The van der Waals surface area contributed by atoms with Crippen molar-refractivity contribution in [3.63, 3.8) is 0 Å². The van der Waals surface area contributed by atoms with Crippen LogP contribution in [0.3, 0.4) is 0 Å². The molecule has 2 aliphatic rings. The minimum absolute atomic E-state index is 0.00491. The lowest BCUT2D eigenvalue weighted by Gasteiger charge is -2.28. The van der Waals surface area contributed by atoms with Gasteiger partial charge in [0.25, 0.3) is 0 Å². The highest BCUT2D eigenvalue weighted by molar-refractivity contribution is 5.93. The van der Waals surface area contributed by atoms with Gasteiger partial charge in [0.2, 0.25) is 17.8 Å². The summed E-state index contributed by atoms with van der Waals surface area (Å²) < 4.78 is 7.98. The minimum Gasteiger partial charge on any atom is -0.460 e. The summed E-state index contributed by atoms with van der Waals surface area (Å²) in [5.74, 6) is 0.547. The topological polar surface area (TPSA) is 129 Å². The lowest BCUT2D eigenvalue weighted by molar-refractivity contribution is -0.121. The fourth-order valence-corrected chi connectivity index (χ4v) is 5.84. The van der Waals surface area contributed by atoms with Crippen LogP contribution in [-0.2, 0) is 9.59 Å². The molecule has 1 aromatic carbocycles. The number of ether oxygens (including phenoxy) is 1. The van der Waals surface area contributed by atoms with E-state index in [1.807, 2.05) is 55.5 Å². The van der Waals surface area contributed by atoms with Gasteiger partial charge in [0.05, 0.1) is 6.20 Å². The third-order valence-corrected chi connectivity index (χ3v) is 8.50. The number of carbonyl (C=O) groups excluding carboxylic acids is 2. The Labute approximate surface area is 265 Å². The number of benzene rings is 1. The van der Waals surface area contributed by atoms with E-state index >= 15 is 0 Å². The van der Waals surface area contributed by atoms with Crippen LogP contribution in [0.15, 0.2) is 42.6 Å². The molecule has 0 spiro atoms. The number of rotatable bonds is 11. The van der Waals surface area contributed by atoms with Crippen LogP contribution in [0.25, 0.3) is 5.65 Å². The van der Waals surface area contributed by atoms with Crippen molar-refractivity contribution in [2.24, 2.45) is 5.92 Å². The molecule has 242 valence electrons. The molecule has 1 saturated heterocycles. The van der Waals surface area contributed by atoms with Gasteiger partial charge in [-0.05, 0) is 83.8 Å². The van der Waals surface area contributed by atoms with E-state index in [4.69, 9.17) is 14.7 Å². The predicted octanol–water partition coefficient (Wildman–Crippen LogP) is 4.20. The summed E-state index contributed by atoms with van der Waals surface area (Å²) in [5, 5.41) is 14.1. The fraction of sp³-hybridized carbons (Fsp3) is 0.545. The van der Waals surface area contributed by atoms with Crippen molar-refractivity contribution < 1.29 is 14.3 Å². The number of aromatic nitrogens is 4. The van der Waals surface area contributed by atoms with Crippen molar-refractivity contribution in [1.82, 2.24) is 34.7 Å². The maximum absolute atomic E-state index is 13.2. The van der Waals surface area contributed by atoms with Crippen LogP contribution in [-0.4, -0.2) is 94.1 Å². The monoisotopic (exact) mass is 617 g/mol. The van der Waals surface area contributed by atoms with Crippen molar-refractivity contribution in [2.75, 3.05) is 51.4 Å². The number of nitrogens with zero attached hydrogens (tertiary/aromatic N) is 6. The van der Waals surface area contributed by atoms with Gasteiger partial charge in [-0.15, -0.1) is 0 Å². The zero-order chi connectivity index (χ0) is 31.9. The first-order chi connectivity index (χ1) is 21.6. The average molecular weight is 618 g/mol. The quantitative estimate of drug-likeness (QED) is 0.271.